The van der Waals surface area contributed by atoms with E-state index in [1.54, 1.807) is 24.3 Å². The van der Waals surface area contributed by atoms with Crippen molar-refractivity contribution in [3.05, 3.63) is 71.8 Å². The van der Waals surface area contributed by atoms with E-state index in [1.807, 2.05) is 23.1 Å². The van der Waals surface area contributed by atoms with Gasteiger partial charge >= 0.3 is 0 Å². The molecule has 1 aliphatic rings. The van der Waals surface area contributed by atoms with Crippen LogP contribution in [0.15, 0.2) is 65.7 Å². The number of hydrogen-bond donors (Lipinski definition) is 1. The van der Waals surface area contributed by atoms with E-state index in [0.717, 1.165) is 32.7 Å². The van der Waals surface area contributed by atoms with Crippen LogP contribution in [0, 0.1) is 0 Å². The third kappa shape index (κ3) is 5.68. The van der Waals surface area contributed by atoms with Crippen LogP contribution in [-0.4, -0.2) is 60.1 Å². The second-order valence-electron chi connectivity index (χ2n) is 6.69. The minimum Gasteiger partial charge on any atom is -0.386 e. The molecule has 1 fully saturated rings. The predicted octanol–water partition coefficient (Wildman–Crippen LogP) is 3.39. The van der Waals surface area contributed by atoms with Crippen molar-refractivity contribution in [2.24, 2.45) is 10.7 Å². The van der Waals surface area contributed by atoms with E-state index in [2.05, 4.69) is 34.2 Å². The first-order chi connectivity index (χ1) is 13.7. The number of aliphatic imine (C=N–C) groups is 1. The van der Waals surface area contributed by atoms with Crippen LogP contribution in [0.1, 0.15) is 15.9 Å². The zero-order chi connectivity index (χ0) is 19.8. The fraction of sp³-hybridized carbons (Fsp3) is 0.273. The van der Waals surface area contributed by atoms with Crippen LogP contribution < -0.4 is 5.73 Å². The number of halogens is 1. The van der Waals surface area contributed by atoms with Crippen molar-refractivity contribution < 1.29 is 4.79 Å². The molecule has 3 rings (SSSR count). The SMILES string of the molecule is NC(CCl)=Nc1ccc(C(=O)N2CCN(CC=Cc3ccccc3)CC2)cc1. The number of hydrogen-bond acceptors (Lipinski definition) is 3. The van der Waals surface area contributed by atoms with Crippen LogP contribution in [0.3, 0.4) is 0 Å². The summed E-state index contributed by atoms with van der Waals surface area (Å²) in [4.78, 5) is 21.1. The lowest BCUT2D eigenvalue weighted by atomic mass is 10.1. The number of rotatable bonds is 6. The molecule has 0 aliphatic carbocycles. The Morgan fingerprint density at radius 3 is 2.36 bits per heavy atom. The molecule has 2 aromatic rings. The molecule has 0 atom stereocenters. The molecule has 0 spiro atoms. The van der Waals surface area contributed by atoms with Gasteiger partial charge in [0, 0.05) is 38.3 Å². The molecule has 0 saturated carbocycles. The number of carbonyl (C=O) groups excluding carboxylic acids is 1. The molecule has 1 amide bonds. The Kier molecular flexibility index (Phi) is 7.23. The van der Waals surface area contributed by atoms with Gasteiger partial charge in [-0.05, 0) is 29.8 Å². The number of nitrogens with zero attached hydrogens (tertiary/aromatic N) is 3. The van der Waals surface area contributed by atoms with Crippen molar-refractivity contribution in [3.8, 4) is 0 Å². The van der Waals surface area contributed by atoms with Crippen LogP contribution in [0.25, 0.3) is 6.08 Å². The van der Waals surface area contributed by atoms with Gasteiger partial charge in [-0.1, -0.05) is 42.5 Å². The number of carbonyl (C=O) groups is 1. The maximum absolute atomic E-state index is 12.7. The molecule has 146 valence electrons. The third-order valence-electron chi connectivity index (χ3n) is 4.66. The van der Waals surface area contributed by atoms with Crippen molar-refractivity contribution in [1.29, 1.82) is 0 Å². The van der Waals surface area contributed by atoms with Crippen LogP contribution in [0.2, 0.25) is 0 Å². The molecular formula is C22H25ClN4O. The molecule has 2 N–H and O–H groups in total. The first kappa shape index (κ1) is 20.1. The Hall–Kier alpha value is -2.63. The van der Waals surface area contributed by atoms with Gasteiger partial charge in [0.1, 0.15) is 5.84 Å². The van der Waals surface area contributed by atoms with Crippen LogP contribution >= 0.6 is 11.6 Å². The van der Waals surface area contributed by atoms with E-state index >= 15 is 0 Å². The number of benzene rings is 2. The molecule has 28 heavy (non-hydrogen) atoms. The highest BCUT2D eigenvalue weighted by Gasteiger charge is 2.21. The highest BCUT2D eigenvalue weighted by molar-refractivity contribution is 6.28. The van der Waals surface area contributed by atoms with Gasteiger partial charge in [0.15, 0.2) is 0 Å². The standard InChI is InChI=1S/C22H25ClN4O/c23-17-21(24)25-20-10-8-19(9-11-20)22(28)27-15-13-26(14-16-27)12-4-7-18-5-2-1-3-6-18/h1-11H,12-17H2,(H2,24,25). The number of amidine groups is 1. The van der Waals surface area contributed by atoms with E-state index in [1.165, 1.54) is 5.56 Å². The molecule has 0 bridgehead atoms. The topological polar surface area (TPSA) is 61.9 Å². The summed E-state index contributed by atoms with van der Waals surface area (Å²) in [6.07, 6.45) is 4.32. The van der Waals surface area contributed by atoms with E-state index in [-0.39, 0.29) is 11.8 Å². The Morgan fingerprint density at radius 2 is 1.71 bits per heavy atom. The maximum atomic E-state index is 12.7. The molecule has 0 aromatic heterocycles. The Morgan fingerprint density at radius 1 is 1.04 bits per heavy atom. The summed E-state index contributed by atoms with van der Waals surface area (Å²) >= 11 is 5.64. The van der Waals surface area contributed by atoms with Gasteiger partial charge in [-0.25, -0.2) is 4.99 Å². The van der Waals surface area contributed by atoms with Gasteiger partial charge in [-0.3, -0.25) is 9.69 Å². The fourth-order valence-electron chi connectivity index (χ4n) is 3.09. The number of alkyl halides is 1. The normalized spacial score (nSPS) is 15.9. The predicted molar refractivity (Wildman–Crippen MR) is 116 cm³/mol. The summed E-state index contributed by atoms with van der Waals surface area (Å²) in [5.74, 6) is 0.601. The first-order valence-corrected chi connectivity index (χ1v) is 9.91. The number of amides is 1. The Balaban J connectivity index is 1.49. The van der Waals surface area contributed by atoms with E-state index < -0.39 is 0 Å². The Bertz CT molecular complexity index is 825. The molecule has 0 unspecified atom stereocenters. The highest BCUT2D eigenvalue weighted by Crippen LogP contribution is 2.16. The van der Waals surface area contributed by atoms with Gasteiger partial charge in [-0.2, -0.15) is 0 Å². The molecule has 1 aliphatic heterocycles. The zero-order valence-electron chi connectivity index (χ0n) is 15.8. The minimum atomic E-state index is 0.0559. The quantitative estimate of drug-likeness (QED) is 0.462. The highest BCUT2D eigenvalue weighted by atomic mass is 35.5. The number of nitrogens with two attached hydrogens (primary N) is 1. The lowest BCUT2D eigenvalue weighted by molar-refractivity contribution is 0.0650. The molecule has 6 heteroatoms. The molecule has 5 nitrogen and oxygen atoms in total. The van der Waals surface area contributed by atoms with Crippen molar-refractivity contribution in [2.45, 2.75) is 0 Å². The van der Waals surface area contributed by atoms with Crippen LogP contribution in [-0.2, 0) is 0 Å². The average Bonchev–Trinajstić information content (AvgIpc) is 2.75. The summed E-state index contributed by atoms with van der Waals surface area (Å²) in [5, 5.41) is 0. The summed E-state index contributed by atoms with van der Waals surface area (Å²) in [6, 6.07) is 17.4. The van der Waals surface area contributed by atoms with Crippen molar-refractivity contribution in [2.75, 3.05) is 38.6 Å². The smallest absolute Gasteiger partial charge is 0.253 e. The summed E-state index contributed by atoms with van der Waals surface area (Å²) in [7, 11) is 0. The Labute approximate surface area is 171 Å². The van der Waals surface area contributed by atoms with Crippen molar-refractivity contribution in [1.82, 2.24) is 9.80 Å². The van der Waals surface area contributed by atoms with Crippen LogP contribution in [0.5, 0.6) is 0 Å². The molecule has 1 saturated heterocycles. The first-order valence-electron chi connectivity index (χ1n) is 9.38. The summed E-state index contributed by atoms with van der Waals surface area (Å²) < 4.78 is 0. The van der Waals surface area contributed by atoms with Gasteiger partial charge < -0.3 is 10.6 Å². The molecule has 1 heterocycles. The lowest BCUT2D eigenvalue weighted by Gasteiger charge is -2.34. The van der Waals surface area contributed by atoms with Gasteiger partial charge in [0.25, 0.3) is 5.91 Å². The molecule has 0 radical (unpaired) electrons. The fourth-order valence-corrected chi connectivity index (χ4v) is 3.15. The van der Waals surface area contributed by atoms with Crippen LogP contribution in [0.4, 0.5) is 5.69 Å². The second kappa shape index (κ2) is 10.1. The van der Waals surface area contributed by atoms with Crippen molar-refractivity contribution in [3.63, 3.8) is 0 Å². The minimum absolute atomic E-state index is 0.0559. The van der Waals surface area contributed by atoms with E-state index in [0.29, 0.717) is 17.1 Å². The largest absolute Gasteiger partial charge is 0.386 e. The van der Waals surface area contributed by atoms with Gasteiger partial charge in [0.2, 0.25) is 0 Å². The average molecular weight is 397 g/mol. The van der Waals surface area contributed by atoms with E-state index in [4.69, 9.17) is 17.3 Å². The second-order valence-corrected chi connectivity index (χ2v) is 6.96. The molecular weight excluding hydrogens is 372 g/mol. The van der Waals surface area contributed by atoms with Gasteiger partial charge in [-0.15, -0.1) is 11.6 Å². The number of piperazine rings is 1. The monoisotopic (exact) mass is 396 g/mol. The molecule has 2 aromatic carbocycles. The van der Waals surface area contributed by atoms with Crippen molar-refractivity contribution >= 4 is 35.1 Å². The summed E-state index contributed by atoms with van der Waals surface area (Å²) in [5.41, 5.74) is 8.21. The maximum Gasteiger partial charge on any atom is 0.253 e. The summed E-state index contributed by atoms with van der Waals surface area (Å²) in [6.45, 7) is 4.11. The van der Waals surface area contributed by atoms with Gasteiger partial charge in [0.05, 0.1) is 11.6 Å². The third-order valence-corrected chi connectivity index (χ3v) is 4.93. The van der Waals surface area contributed by atoms with E-state index in [9.17, 15) is 4.79 Å². The lowest BCUT2D eigenvalue weighted by Crippen LogP contribution is -2.48. The zero-order valence-corrected chi connectivity index (χ0v) is 16.6.